The molecule has 2 rings (SSSR count). The van der Waals surface area contributed by atoms with Crippen molar-refractivity contribution in [3.63, 3.8) is 0 Å². The van der Waals surface area contributed by atoms with Crippen LogP contribution in [0.3, 0.4) is 0 Å². The van der Waals surface area contributed by atoms with Gasteiger partial charge in [0.05, 0.1) is 18.3 Å². The molecule has 8 heteroatoms. The smallest absolute Gasteiger partial charge is 0.395 e. The number of nitrogens with zero attached hydrogens (tertiary/aromatic N) is 2. The first-order valence-electron chi connectivity index (χ1n) is 5.11. The maximum absolute atomic E-state index is 11.7. The van der Waals surface area contributed by atoms with Gasteiger partial charge in [0.15, 0.2) is 5.76 Å². The fraction of sp³-hybridized carbons (Fsp3) is 0.200. The van der Waals surface area contributed by atoms with E-state index >= 15 is 0 Å². The zero-order valence-corrected chi connectivity index (χ0v) is 9.41. The van der Waals surface area contributed by atoms with Crippen molar-refractivity contribution in [3.8, 4) is 0 Å². The van der Waals surface area contributed by atoms with Crippen LogP contribution < -0.4 is 5.32 Å². The molecule has 0 radical (unpaired) electrons. The molecule has 0 aromatic carbocycles. The van der Waals surface area contributed by atoms with Gasteiger partial charge in [0.1, 0.15) is 4.92 Å². The van der Waals surface area contributed by atoms with E-state index < -0.39 is 16.7 Å². The summed E-state index contributed by atoms with van der Waals surface area (Å²) in [5.74, 6) is -1.08. The fourth-order valence-electron chi connectivity index (χ4n) is 1.40. The highest BCUT2D eigenvalue weighted by molar-refractivity contribution is 5.91. The molecule has 0 saturated carbocycles. The van der Waals surface area contributed by atoms with E-state index in [0.717, 1.165) is 11.6 Å². The maximum Gasteiger partial charge on any atom is 0.433 e. The summed E-state index contributed by atoms with van der Waals surface area (Å²) in [4.78, 5) is 21.4. The van der Waals surface area contributed by atoms with Crippen LogP contribution in [0, 0.1) is 10.1 Å². The number of rotatable bonds is 4. The summed E-state index contributed by atoms with van der Waals surface area (Å²) in [6, 6.07) is 2.12. The first-order valence-corrected chi connectivity index (χ1v) is 5.11. The molecule has 2 aromatic rings. The van der Waals surface area contributed by atoms with E-state index in [1.165, 1.54) is 6.07 Å². The van der Waals surface area contributed by atoms with Crippen molar-refractivity contribution in [2.24, 2.45) is 0 Å². The molecule has 0 saturated heterocycles. The van der Waals surface area contributed by atoms with Gasteiger partial charge in [-0.05, 0) is 13.0 Å². The summed E-state index contributed by atoms with van der Waals surface area (Å²) in [7, 11) is 0. The molecule has 0 aliphatic heterocycles. The number of amides is 1. The minimum absolute atomic E-state index is 0.1000. The van der Waals surface area contributed by atoms with Gasteiger partial charge in [-0.1, -0.05) is 0 Å². The minimum Gasteiger partial charge on any atom is -0.395 e. The Hall–Kier alpha value is -2.64. The molecule has 18 heavy (non-hydrogen) atoms. The number of carbonyl (C=O) groups excluding carboxylic acids is 1. The van der Waals surface area contributed by atoms with Crippen LogP contribution in [0.2, 0.25) is 0 Å². The molecule has 0 spiro atoms. The van der Waals surface area contributed by atoms with Gasteiger partial charge in [0.25, 0.3) is 5.91 Å². The molecule has 1 atom stereocenters. The second-order valence-corrected chi connectivity index (χ2v) is 3.62. The molecule has 2 N–H and O–H groups in total. The number of furan rings is 1. The van der Waals surface area contributed by atoms with Crippen molar-refractivity contribution >= 4 is 11.8 Å². The first kappa shape index (κ1) is 11.8. The van der Waals surface area contributed by atoms with Crippen LogP contribution >= 0.6 is 0 Å². The third kappa shape index (κ3) is 2.37. The average Bonchev–Trinajstić information content (AvgIpc) is 3.00. The number of hydrogen-bond acceptors (Lipinski definition) is 5. The Labute approximate surface area is 101 Å². The van der Waals surface area contributed by atoms with E-state index in [-0.39, 0.29) is 11.8 Å². The number of aromatic nitrogens is 2. The van der Waals surface area contributed by atoms with E-state index in [9.17, 15) is 14.9 Å². The van der Waals surface area contributed by atoms with E-state index in [2.05, 4.69) is 15.5 Å². The zero-order valence-electron chi connectivity index (χ0n) is 9.41. The molecular weight excluding hydrogens is 240 g/mol. The molecule has 1 amide bonds. The predicted octanol–water partition coefficient (Wildman–Crippen LogP) is 1.40. The first-order chi connectivity index (χ1) is 8.58. The Morgan fingerprint density at radius 2 is 2.39 bits per heavy atom. The van der Waals surface area contributed by atoms with Crippen LogP contribution in [0.5, 0.6) is 0 Å². The van der Waals surface area contributed by atoms with Gasteiger partial charge in [-0.15, -0.1) is 0 Å². The van der Waals surface area contributed by atoms with Gasteiger partial charge in [0, 0.05) is 11.8 Å². The Bertz CT molecular complexity index is 560. The molecule has 94 valence electrons. The van der Waals surface area contributed by atoms with E-state index in [0.29, 0.717) is 0 Å². The molecule has 0 aliphatic carbocycles. The normalized spacial score (nSPS) is 12.1. The van der Waals surface area contributed by atoms with Crippen molar-refractivity contribution < 1.29 is 14.1 Å². The maximum atomic E-state index is 11.7. The van der Waals surface area contributed by atoms with Crippen molar-refractivity contribution in [2.45, 2.75) is 13.0 Å². The SMILES string of the molecule is CC(NC(=O)c1ccc([N+](=O)[O-])o1)c1cn[nH]c1. The Kier molecular flexibility index (Phi) is 3.09. The van der Waals surface area contributed by atoms with Crippen LogP contribution in [0.1, 0.15) is 29.1 Å². The highest BCUT2D eigenvalue weighted by atomic mass is 16.6. The van der Waals surface area contributed by atoms with Crippen LogP contribution in [0.4, 0.5) is 5.88 Å². The lowest BCUT2D eigenvalue weighted by atomic mass is 10.2. The van der Waals surface area contributed by atoms with Crippen LogP contribution in [0.15, 0.2) is 28.9 Å². The number of nitro groups is 1. The molecule has 2 heterocycles. The van der Waals surface area contributed by atoms with Gasteiger partial charge < -0.3 is 9.73 Å². The lowest BCUT2D eigenvalue weighted by molar-refractivity contribution is -0.402. The second kappa shape index (κ2) is 4.70. The predicted molar refractivity (Wildman–Crippen MR) is 59.8 cm³/mol. The molecule has 2 aromatic heterocycles. The highest BCUT2D eigenvalue weighted by Crippen LogP contribution is 2.17. The van der Waals surface area contributed by atoms with Gasteiger partial charge >= 0.3 is 5.88 Å². The van der Waals surface area contributed by atoms with E-state index in [1.807, 2.05) is 0 Å². The van der Waals surface area contributed by atoms with E-state index in [4.69, 9.17) is 4.42 Å². The Morgan fingerprint density at radius 3 is 2.94 bits per heavy atom. The summed E-state index contributed by atoms with van der Waals surface area (Å²) in [5.41, 5.74) is 0.796. The number of hydrogen-bond donors (Lipinski definition) is 2. The number of H-pyrrole nitrogens is 1. The summed E-state index contributed by atoms with van der Waals surface area (Å²) in [6.45, 7) is 1.76. The van der Waals surface area contributed by atoms with Crippen molar-refractivity contribution in [3.05, 3.63) is 46.0 Å². The number of aromatic amines is 1. The van der Waals surface area contributed by atoms with Gasteiger partial charge in [-0.3, -0.25) is 20.0 Å². The summed E-state index contributed by atoms with van der Waals surface area (Å²) < 4.78 is 4.79. The average molecular weight is 250 g/mol. The van der Waals surface area contributed by atoms with Crippen LogP contribution in [-0.2, 0) is 0 Å². The second-order valence-electron chi connectivity index (χ2n) is 3.62. The lowest BCUT2D eigenvalue weighted by Gasteiger charge is -2.09. The van der Waals surface area contributed by atoms with Gasteiger partial charge in [0.2, 0.25) is 0 Å². The van der Waals surface area contributed by atoms with Gasteiger partial charge in [-0.2, -0.15) is 5.10 Å². The van der Waals surface area contributed by atoms with Crippen LogP contribution in [0.25, 0.3) is 0 Å². The minimum atomic E-state index is -0.698. The molecule has 0 aliphatic rings. The van der Waals surface area contributed by atoms with Crippen LogP contribution in [-0.4, -0.2) is 21.0 Å². The van der Waals surface area contributed by atoms with E-state index in [1.54, 1.807) is 19.3 Å². The number of carbonyl (C=O) groups is 1. The molecular formula is C10H10N4O4. The van der Waals surface area contributed by atoms with Crippen molar-refractivity contribution in [2.75, 3.05) is 0 Å². The Balaban J connectivity index is 2.05. The zero-order chi connectivity index (χ0) is 13.1. The molecule has 1 unspecified atom stereocenters. The quantitative estimate of drug-likeness (QED) is 0.628. The number of nitrogens with one attached hydrogen (secondary N) is 2. The largest absolute Gasteiger partial charge is 0.433 e. The molecule has 0 fully saturated rings. The third-order valence-electron chi connectivity index (χ3n) is 2.36. The van der Waals surface area contributed by atoms with Crippen molar-refractivity contribution in [1.82, 2.24) is 15.5 Å². The molecule has 0 bridgehead atoms. The Morgan fingerprint density at radius 1 is 1.61 bits per heavy atom. The topological polar surface area (TPSA) is 114 Å². The third-order valence-corrected chi connectivity index (χ3v) is 2.36. The fourth-order valence-corrected chi connectivity index (χ4v) is 1.40. The summed E-state index contributed by atoms with van der Waals surface area (Å²) >= 11 is 0. The lowest BCUT2D eigenvalue weighted by Crippen LogP contribution is -2.25. The monoisotopic (exact) mass is 250 g/mol. The van der Waals surface area contributed by atoms with Gasteiger partial charge in [-0.25, -0.2) is 0 Å². The highest BCUT2D eigenvalue weighted by Gasteiger charge is 2.19. The molecule has 8 nitrogen and oxygen atoms in total. The van der Waals surface area contributed by atoms with Crippen molar-refractivity contribution in [1.29, 1.82) is 0 Å². The standard InChI is InChI=1S/C10H10N4O4/c1-6(7-4-11-12-5-7)13-10(15)8-2-3-9(18-8)14(16)17/h2-6H,1H3,(H,11,12)(H,13,15). The summed E-state index contributed by atoms with van der Waals surface area (Å²) in [5, 5.41) is 19.4. The summed E-state index contributed by atoms with van der Waals surface area (Å²) in [6.07, 6.45) is 3.23.